The fraction of sp³-hybridized carbons (Fsp3) is 0.750. The number of ether oxygens (including phenoxy) is 5. The van der Waals surface area contributed by atoms with Crippen LogP contribution >= 0.6 is 0 Å². The van der Waals surface area contributed by atoms with E-state index in [9.17, 15) is 39.3 Å². The number of ketones is 2. The van der Waals surface area contributed by atoms with Gasteiger partial charge in [-0.1, -0.05) is 57.2 Å². The Bertz CT molecular complexity index is 1670. The largest absolute Gasteiger partial charge is 0.465 e. The minimum Gasteiger partial charge on any atom is -0.465 e. The molecule has 5 N–H and O–H groups in total. The van der Waals surface area contributed by atoms with E-state index in [2.05, 4.69) is 5.32 Å². The third kappa shape index (κ3) is 20.7. The van der Waals surface area contributed by atoms with Crippen molar-refractivity contribution in [2.75, 3.05) is 46.6 Å². The summed E-state index contributed by atoms with van der Waals surface area (Å²) in [4.78, 5) is 64.1. The SMILES string of the molecule is CO[C@@H](CC1CCC[C@](O)(C(=O)C(=O)N2CCCCC2)O1)/C(C)=C/C=C/C=C/[C@@H](C)C[C@@H](C)C(=O)[C@H](O)C(O)/C(C)=C/[C@@H](C)CC[C@@H](CCC1CCC(OC(=O)NCCOCCO)CC1)OC=O. The molecule has 386 valence electrons. The highest BCUT2D eigenvalue weighted by molar-refractivity contribution is 6.38. The lowest BCUT2D eigenvalue weighted by molar-refractivity contribution is -0.244. The van der Waals surface area contributed by atoms with E-state index in [4.69, 9.17) is 28.8 Å². The van der Waals surface area contributed by atoms with Crippen molar-refractivity contribution >= 4 is 30.0 Å². The molecule has 16 heteroatoms. The molecule has 0 spiro atoms. The molecule has 0 aromatic heterocycles. The average molecular weight is 961 g/mol. The molecule has 0 aromatic carbocycles. The zero-order valence-electron chi connectivity index (χ0n) is 41.7. The molecule has 2 heterocycles. The van der Waals surface area contributed by atoms with Crippen molar-refractivity contribution in [1.29, 1.82) is 0 Å². The Labute approximate surface area is 404 Å². The first-order valence-corrected chi connectivity index (χ1v) is 25.1. The van der Waals surface area contributed by atoms with Crippen molar-refractivity contribution in [3.05, 3.63) is 47.6 Å². The maximum atomic E-state index is 13.2. The Balaban J connectivity index is 1.38. The second kappa shape index (κ2) is 31.5. The number of alkyl carbamates (subject to hydrolysis) is 1. The fourth-order valence-corrected chi connectivity index (χ4v) is 9.47. The number of carbonyl (C=O) groups excluding carboxylic acids is 5. The number of amides is 2. The number of likely N-dealkylation sites (tertiary alicyclic amines) is 1. The number of nitrogens with zero attached hydrogens (tertiary/aromatic N) is 1. The normalized spacial score (nSPS) is 25.0. The van der Waals surface area contributed by atoms with Crippen LogP contribution in [0.2, 0.25) is 0 Å². The summed E-state index contributed by atoms with van der Waals surface area (Å²) < 4.78 is 27.8. The Hall–Kier alpha value is -3.77. The summed E-state index contributed by atoms with van der Waals surface area (Å²) in [7, 11) is 1.59. The van der Waals surface area contributed by atoms with Gasteiger partial charge in [0, 0.05) is 45.5 Å². The quantitative estimate of drug-likeness (QED) is 0.0177. The van der Waals surface area contributed by atoms with Gasteiger partial charge in [-0.3, -0.25) is 19.2 Å². The molecular weight excluding hydrogens is 877 g/mol. The second-order valence-electron chi connectivity index (χ2n) is 19.4. The van der Waals surface area contributed by atoms with Crippen LogP contribution in [0.1, 0.15) is 137 Å². The average Bonchev–Trinajstić information content (AvgIpc) is 3.33. The number of piperidine rings is 1. The summed E-state index contributed by atoms with van der Waals surface area (Å²) in [5.41, 5.74) is 1.42. The molecule has 3 fully saturated rings. The van der Waals surface area contributed by atoms with E-state index in [0.717, 1.165) is 56.9 Å². The molecule has 2 saturated heterocycles. The molecule has 2 unspecified atom stereocenters. The van der Waals surface area contributed by atoms with Crippen LogP contribution in [-0.2, 0) is 42.9 Å². The summed E-state index contributed by atoms with van der Waals surface area (Å²) in [6.07, 6.45) is 17.9. The van der Waals surface area contributed by atoms with Crippen LogP contribution in [-0.4, -0.2) is 144 Å². The highest BCUT2D eigenvalue weighted by Crippen LogP contribution is 2.33. The van der Waals surface area contributed by atoms with Gasteiger partial charge in [-0.25, -0.2) is 4.79 Å². The van der Waals surface area contributed by atoms with Gasteiger partial charge in [-0.15, -0.1) is 0 Å². The number of methoxy groups -OCH3 is 1. The van der Waals surface area contributed by atoms with E-state index >= 15 is 0 Å². The molecule has 3 rings (SSSR count). The van der Waals surface area contributed by atoms with Gasteiger partial charge in [0.15, 0.2) is 5.78 Å². The Kier molecular flexibility index (Phi) is 27.1. The van der Waals surface area contributed by atoms with Gasteiger partial charge < -0.3 is 54.3 Å². The molecule has 9 atom stereocenters. The van der Waals surface area contributed by atoms with E-state index in [0.29, 0.717) is 89.2 Å². The molecule has 0 bridgehead atoms. The first-order chi connectivity index (χ1) is 32.5. The predicted molar refractivity (Wildman–Crippen MR) is 257 cm³/mol. The standard InChI is InChI=1S/C52H84N2O14/c1-36(14-9-7-10-15-38(3)45(64-6)34-44-16-13-25-52(63,68-44)49(60)50(61)54-27-11-8-12-28-54)32-39(4)46(57)48(59)47(58)40(5)33-37(2)17-21-42(66-35-56)22-18-41-19-23-43(24-20-41)67-51(62)53-26-30-65-31-29-55/h7,9-10,14-15,33,35-37,39,41-45,47-48,55,58-59,63H,8,11-13,16-32,34H2,1-6H3,(H,53,62)/b10-7+,14-9+,38-15+,40-33+/t36-,37+,39-,41?,42+,43?,44?,45+,47?,48+,52-/m1/s1. The summed E-state index contributed by atoms with van der Waals surface area (Å²) in [6.45, 7) is 11.6. The number of hydrogen-bond donors (Lipinski definition) is 5. The summed E-state index contributed by atoms with van der Waals surface area (Å²) >= 11 is 0. The number of carbonyl (C=O) groups is 5. The molecule has 0 aromatic rings. The van der Waals surface area contributed by atoms with Crippen molar-refractivity contribution in [3.8, 4) is 0 Å². The van der Waals surface area contributed by atoms with Crippen molar-refractivity contribution in [2.24, 2.45) is 23.7 Å². The Morgan fingerprint density at radius 3 is 2.26 bits per heavy atom. The lowest BCUT2D eigenvalue weighted by Gasteiger charge is -2.38. The molecule has 16 nitrogen and oxygen atoms in total. The molecule has 0 radical (unpaired) electrons. The van der Waals surface area contributed by atoms with Crippen LogP contribution in [0.4, 0.5) is 4.79 Å². The topological polar surface area (TPSA) is 228 Å². The van der Waals surface area contributed by atoms with E-state index in [-0.39, 0.29) is 49.8 Å². The predicted octanol–water partition coefficient (Wildman–Crippen LogP) is 6.22. The van der Waals surface area contributed by atoms with Gasteiger partial charge in [0.1, 0.15) is 24.4 Å². The summed E-state index contributed by atoms with van der Waals surface area (Å²) in [6, 6.07) is 0. The van der Waals surface area contributed by atoms with Crippen LogP contribution in [0.3, 0.4) is 0 Å². The van der Waals surface area contributed by atoms with Crippen molar-refractivity contribution in [1.82, 2.24) is 10.2 Å². The minimum atomic E-state index is -2.13. The number of hydrogen-bond acceptors (Lipinski definition) is 14. The van der Waals surface area contributed by atoms with E-state index < -0.39 is 53.6 Å². The molecule has 2 aliphatic heterocycles. The van der Waals surface area contributed by atoms with Gasteiger partial charge in [-0.05, 0) is 133 Å². The maximum Gasteiger partial charge on any atom is 0.407 e. The number of nitrogens with one attached hydrogen (secondary N) is 1. The van der Waals surface area contributed by atoms with Gasteiger partial charge in [0.2, 0.25) is 5.79 Å². The number of rotatable bonds is 30. The summed E-state index contributed by atoms with van der Waals surface area (Å²) in [5, 5.41) is 44.4. The van der Waals surface area contributed by atoms with Crippen LogP contribution in [0, 0.1) is 23.7 Å². The lowest BCUT2D eigenvalue weighted by Crippen LogP contribution is -2.55. The smallest absolute Gasteiger partial charge is 0.407 e. The third-order valence-electron chi connectivity index (χ3n) is 13.6. The van der Waals surface area contributed by atoms with Crippen LogP contribution < -0.4 is 5.32 Å². The third-order valence-corrected chi connectivity index (χ3v) is 13.6. The van der Waals surface area contributed by atoms with Crippen LogP contribution in [0.25, 0.3) is 0 Å². The highest BCUT2D eigenvalue weighted by atomic mass is 16.6. The molecule has 68 heavy (non-hydrogen) atoms. The summed E-state index contributed by atoms with van der Waals surface area (Å²) in [5.74, 6) is -4.20. The van der Waals surface area contributed by atoms with E-state index in [1.165, 1.54) is 4.90 Å². The van der Waals surface area contributed by atoms with E-state index in [1.54, 1.807) is 21.0 Å². The zero-order chi connectivity index (χ0) is 50.1. The number of aliphatic hydroxyl groups is 4. The number of Topliss-reactive ketones (excluding diaryl/α,β-unsaturated/α-hetero) is 2. The first-order valence-electron chi connectivity index (χ1n) is 25.1. The van der Waals surface area contributed by atoms with Crippen molar-refractivity contribution in [3.63, 3.8) is 0 Å². The second-order valence-corrected chi connectivity index (χ2v) is 19.4. The molecule has 1 saturated carbocycles. The number of allylic oxidation sites excluding steroid dienone is 6. The Morgan fingerprint density at radius 1 is 0.868 bits per heavy atom. The molecule has 2 amide bonds. The van der Waals surface area contributed by atoms with Gasteiger partial charge in [0.05, 0.1) is 32.0 Å². The van der Waals surface area contributed by atoms with Gasteiger partial charge >= 0.3 is 6.09 Å². The highest BCUT2D eigenvalue weighted by Gasteiger charge is 2.47. The molecule has 3 aliphatic rings. The zero-order valence-corrected chi connectivity index (χ0v) is 41.7. The van der Waals surface area contributed by atoms with E-state index in [1.807, 2.05) is 57.2 Å². The maximum absolute atomic E-state index is 13.2. The fourth-order valence-electron chi connectivity index (χ4n) is 9.47. The first kappa shape index (κ1) is 58.5. The van der Waals surface area contributed by atoms with Crippen molar-refractivity contribution in [2.45, 2.75) is 180 Å². The molecule has 1 aliphatic carbocycles. The minimum absolute atomic E-state index is 0.00180. The van der Waals surface area contributed by atoms with Gasteiger partial charge in [-0.2, -0.15) is 0 Å². The lowest BCUT2D eigenvalue weighted by atomic mass is 9.83. The Morgan fingerprint density at radius 2 is 1.59 bits per heavy atom. The van der Waals surface area contributed by atoms with Gasteiger partial charge in [0.25, 0.3) is 18.2 Å². The van der Waals surface area contributed by atoms with Crippen molar-refractivity contribution < 1.29 is 68.1 Å². The monoisotopic (exact) mass is 961 g/mol. The molecular formula is C52H84N2O14. The number of aliphatic hydroxyl groups excluding tert-OH is 3. The van der Waals surface area contributed by atoms with Crippen LogP contribution in [0.15, 0.2) is 47.6 Å². The van der Waals surface area contributed by atoms with Crippen LogP contribution in [0.5, 0.6) is 0 Å².